The SMILES string of the molecule is Cc1cc(-c2c(NC(C)c3ccccc3)ccc3ccccc23)c(O)c(C(C)(C)C)c1. The van der Waals surface area contributed by atoms with E-state index in [1.54, 1.807) is 0 Å². The molecule has 0 radical (unpaired) electrons. The summed E-state index contributed by atoms with van der Waals surface area (Å²) < 4.78 is 0. The van der Waals surface area contributed by atoms with Gasteiger partial charge in [-0.15, -0.1) is 0 Å². The Bertz CT molecular complexity index is 1220. The van der Waals surface area contributed by atoms with Gasteiger partial charge in [0, 0.05) is 28.4 Å². The van der Waals surface area contributed by atoms with Gasteiger partial charge in [0.15, 0.2) is 0 Å². The quantitative estimate of drug-likeness (QED) is 0.358. The zero-order chi connectivity index (χ0) is 22.2. The molecule has 0 fully saturated rings. The van der Waals surface area contributed by atoms with E-state index in [9.17, 15) is 5.11 Å². The van der Waals surface area contributed by atoms with Gasteiger partial charge in [0.1, 0.15) is 5.75 Å². The number of aromatic hydroxyl groups is 1. The summed E-state index contributed by atoms with van der Waals surface area (Å²) in [4.78, 5) is 0. The molecule has 0 saturated heterocycles. The number of aryl methyl sites for hydroxylation is 1. The lowest BCUT2D eigenvalue weighted by Gasteiger charge is -2.25. The second-order valence-corrected chi connectivity index (χ2v) is 9.44. The number of hydrogen-bond acceptors (Lipinski definition) is 2. The molecule has 1 unspecified atom stereocenters. The molecule has 0 bridgehead atoms. The number of rotatable bonds is 4. The average Bonchev–Trinajstić information content (AvgIpc) is 2.75. The molecule has 0 aliphatic carbocycles. The average molecular weight is 410 g/mol. The number of phenols is 1. The number of phenolic OH excluding ortho intramolecular Hbond substituents is 1. The predicted molar refractivity (Wildman–Crippen MR) is 133 cm³/mol. The van der Waals surface area contributed by atoms with E-state index in [1.807, 2.05) is 6.07 Å². The smallest absolute Gasteiger partial charge is 0.127 e. The number of benzene rings is 4. The molecule has 2 N–H and O–H groups in total. The Morgan fingerprint density at radius 1 is 0.839 bits per heavy atom. The van der Waals surface area contributed by atoms with E-state index in [4.69, 9.17) is 0 Å². The molecule has 0 aromatic heterocycles. The molecule has 0 saturated carbocycles. The summed E-state index contributed by atoms with van der Waals surface area (Å²) in [7, 11) is 0. The van der Waals surface area contributed by atoms with Gasteiger partial charge in [0.05, 0.1) is 0 Å². The molecule has 4 rings (SSSR count). The van der Waals surface area contributed by atoms with E-state index in [2.05, 4.69) is 113 Å². The number of nitrogens with one attached hydrogen (secondary N) is 1. The van der Waals surface area contributed by atoms with Gasteiger partial charge >= 0.3 is 0 Å². The zero-order valence-corrected chi connectivity index (χ0v) is 19.0. The zero-order valence-electron chi connectivity index (χ0n) is 19.0. The maximum absolute atomic E-state index is 11.4. The predicted octanol–water partition coefficient (Wildman–Crippen LogP) is 7.99. The first-order chi connectivity index (χ1) is 14.8. The van der Waals surface area contributed by atoms with E-state index < -0.39 is 0 Å². The summed E-state index contributed by atoms with van der Waals surface area (Å²) >= 11 is 0. The fourth-order valence-electron chi connectivity index (χ4n) is 4.28. The minimum absolute atomic E-state index is 0.134. The molecule has 0 aliphatic rings. The normalized spacial score (nSPS) is 12.7. The lowest BCUT2D eigenvalue weighted by atomic mass is 9.82. The molecular weight excluding hydrogens is 378 g/mol. The first-order valence-corrected chi connectivity index (χ1v) is 10.9. The molecular formula is C29H31NO. The molecule has 4 aromatic carbocycles. The van der Waals surface area contributed by atoms with Crippen molar-refractivity contribution in [2.75, 3.05) is 5.32 Å². The van der Waals surface area contributed by atoms with Crippen LogP contribution in [0.1, 0.15) is 50.4 Å². The molecule has 0 spiro atoms. The van der Waals surface area contributed by atoms with Crippen LogP contribution >= 0.6 is 0 Å². The van der Waals surface area contributed by atoms with Crippen molar-refractivity contribution in [2.45, 2.75) is 46.1 Å². The minimum atomic E-state index is -0.152. The van der Waals surface area contributed by atoms with Crippen molar-refractivity contribution in [2.24, 2.45) is 0 Å². The minimum Gasteiger partial charge on any atom is -0.507 e. The topological polar surface area (TPSA) is 32.3 Å². The molecule has 0 amide bonds. The van der Waals surface area contributed by atoms with Crippen LogP contribution < -0.4 is 5.32 Å². The Labute approximate surface area is 185 Å². The summed E-state index contributed by atoms with van der Waals surface area (Å²) in [5.41, 5.74) is 6.14. The highest BCUT2D eigenvalue weighted by atomic mass is 16.3. The van der Waals surface area contributed by atoms with Crippen LogP contribution in [0.2, 0.25) is 0 Å². The Balaban J connectivity index is 1.95. The lowest BCUT2D eigenvalue weighted by Crippen LogP contribution is -2.12. The van der Waals surface area contributed by atoms with Crippen molar-refractivity contribution < 1.29 is 5.11 Å². The molecule has 0 heterocycles. The van der Waals surface area contributed by atoms with Gasteiger partial charge in [-0.1, -0.05) is 87.5 Å². The Morgan fingerprint density at radius 2 is 1.52 bits per heavy atom. The monoisotopic (exact) mass is 409 g/mol. The van der Waals surface area contributed by atoms with E-state index in [-0.39, 0.29) is 11.5 Å². The summed E-state index contributed by atoms with van der Waals surface area (Å²) in [6, 6.07) is 27.5. The third-order valence-corrected chi connectivity index (χ3v) is 5.93. The van der Waals surface area contributed by atoms with Crippen molar-refractivity contribution in [3.05, 3.63) is 95.6 Å². The standard InChI is InChI=1S/C29H31NO/c1-19-17-24(28(31)25(18-19)29(3,4)5)27-23-14-10-9-13-22(23)15-16-26(27)30-20(2)21-11-7-6-8-12-21/h6-18,20,30-31H,1-5H3. The highest BCUT2D eigenvalue weighted by Crippen LogP contribution is 2.45. The third kappa shape index (κ3) is 4.16. The second-order valence-electron chi connectivity index (χ2n) is 9.44. The maximum Gasteiger partial charge on any atom is 0.127 e. The Kier molecular flexibility index (Phi) is 5.49. The van der Waals surface area contributed by atoms with Crippen LogP contribution in [-0.4, -0.2) is 5.11 Å². The van der Waals surface area contributed by atoms with Crippen molar-refractivity contribution in [3.63, 3.8) is 0 Å². The van der Waals surface area contributed by atoms with E-state index in [1.165, 1.54) is 5.56 Å². The molecule has 158 valence electrons. The molecule has 2 heteroatoms. The van der Waals surface area contributed by atoms with E-state index in [0.717, 1.165) is 38.7 Å². The van der Waals surface area contributed by atoms with Crippen molar-refractivity contribution in [3.8, 4) is 16.9 Å². The van der Waals surface area contributed by atoms with Gasteiger partial charge in [0.2, 0.25) is 0 Å². The van der Waals surface area contributed by atoms with E-state index in [0.29, 0.717) is 5.75 Å². The molecule has 4 aromatic rings. The van der Waals surface area contributed by atoms with Crippen LogP contribution in [0, 0.1) is 6.92 Å². The molecule has 31 heavy (non-hydrogen) atoms. The van der Waals surface area contributed by atoms with Crippen molar-refractivity contribution in [1.29, 1.82) is 0 Å². The first-order valence-electron chi connectivity index (χ1n) is 10.9. The van der Waals surface area contributed by atoms with Gasteiger partial charge in [-0.05, 0) is 53.3 Å². The van der Waals surface area contributed by atoms with Crippen molar-refractivity contribution >= 4 is 16.5 Å². The maximum atomic E-state index is 11.4. The van der Waals surface area contributed by atoms with Crippen LogP contribution in [0.5, 0.6) is 5.75 Å². The number of fused-ring (bicyclic) bond motifs is 1. The third-order valence-electron chi connectivity index (χ3n) is 5.93. The lowest BCUT2D eigenvalue weighted by molar-refractivity contribution is 0.448. The largest absolute Gasteiger partial charge is 0.507 e. The van der Waals surface area contributed by atoms with Gasteiger partial charge in [0.25, 0.3) is 0 Å². The van der Waals surface area contributed by atoms with Crippen LogP contribution in [0.15, 0.2) is 78.9 Å². The second kappa shape index (κ2) is 8.11. The van der Waals surface area contributed by atoms with E-state index >= 15 is 0 Å². The molecule has 1 atom stereocenters. The Morgan fingerprint density at radius 3 is 2.23 bits per heavy atom. The summed E-state index contributed by atoms with van der Waals surface area (Å²) in [6.45, 7) is 10.7. The fourth-order valence-corrected chi connectivity index (χ4v) is 4.28. The summed E-state index contributed by atoms with van der Waals surface area (Å²) in [5.74, 6) is 0.366. The molecule has 2 nitrogen and oxygen atoms in total. The number of anilines is 1. The van der Waals surface area contributed by atoms with Crippen molar-refractivity contribution in [1.82, 2.24) is 0 Å². The van der Waals surface area contributed by atoms with Gasteiger partial charge < -0.3 is 10.4 Å². The molecule has 0 aliphatic heterocycles. The Hall–Kier alpha value is -3.26. The van der Waals surface area contributed by atoms with Crippen LogP contribution in [0.25, 0.3) is 21.9 Å². The summed E-state index contributed by atoms with van der Waals surface area (Å²) in [6.07, 6.45) is 0. The fraction of sp³-hybridized carbons (Fsp3) is 0.241. The van der Waals surface area contributed by atoms with Gasteiger partial charge in [-0.3, -0.25) is 0 Å². The highest BCUT2D eigenvalue weighted by molar-refractivity contribution is 6.04. The van der Waals surface area contributed by atoms with Crippen LogP contribution in [0.4, 0.5) is 5.69 Å². The highest BCUT2D eigenvalue weighted by Gasteiger charge is 2.23. The van der Waals surface area contributed by atoms with Crippen LogP contribution in [-0.2, 0) is 5.41 Å². The van der Waals surface area contributed by atoms with Gasteiger partial charge in [-0.2, -0.15) is 0 Å². The van der Waals surface area contributed by atoms with Gasteiger partial charge in [-0.25, -0.2) is 0 Å². The first kappa shape index (κ1) is 21.0. The number of hydrogen-bond donors (Lipinski definition) is 2. The summed E-state index contributed by atoms with van der Waals surface area (Å²) in [5, 5.41) is 17.4. The van der Waals surface area contributed by atoms with Crippen LogP contribution in [0.3, 0.4) is 0 Å².